The van der Waals surface area contributed by atoms with E-state index in [-0.39, 0.29) is 5.88 Å². The minimum absolute atomic E-state index is 0.151. The van der Waals surface area contributed by atoms with Crippen molar-refractivity contribution in [3.63, 3.8) is 0 Å². The number of anilines is 1. The maximum absolute atomic E-state index is 9.07. The first-order valence-electron chi connectivity index (χ1n) is 3.33. The van der Waals surface area contributed by atoms with Crippen molar-refractivity contribution in [3.8, 4) is 5.88 Å². The summed E-state index contributed by atoms with van der Waals surface area (Å²) in [5.74, 6) is 0.151. The lowest BCUT2D eigenvalue weighted by Crippen LogP contribution is -1.82. The summed E-state index contributed by atoms with van der Waals surface area (Å²) in [5, 5.41) is 9.94. The summed E-state index contributed by atoms with van der Waals surface area (Å²) in [5.41, 5.74) is 7.18. The normalized spacial score (nSPS) is 10.5. The summed E-state index contributed by atoms with van der Waals surface area (Å²) >= 11 is 0. The molecule has 0 bridgehead atoms. The van der Waals surface area contributed by atoms with Gasteiger partial charge < -0.3 is 15.8 Å². The Morgan fingerprint density at radius 3 is 2.91 bits per heavy atom. The summed E-state index contributed by atoms with van der Waals surface area (Å²) in [4.78, 5) is 2.77. The van der Waals surface area contributed by atoms with Gasteiger partial charge in [0.05, 0.1) is 5.52 Å². The Bertz CT molecular complexity index is 392. The number of aromatic amines is 1. The minimum atomic E-state index is 0.151. The van der Waals surface area contributed by atoms with Crippen LogP contribution >= 0.6 is 0 Å². The second kappa shape index (κ2) is 1.92. The maximum Gasteiger partial charge on any atom is 0.189 e. The summed E-state index contributed by atoms with van der Waals surface area (Å²) in [6.07, 6.45) is 0. The van der Waals surface area contributed by atoms with Gasteiger partial charge in [0.1, 0.15) is 0 Å². The maximum atomic E-state index is 9.07. The smallest absolute Gasteiger partial charge is 0.189 e. The average Bonchev–Trinajstić information content (AvgIpc) is 2.31. The highest BCUT2D eigenvalue weighted by molar-refractivity contribution is 5.91. The van der Waals surface area contributed by atoms with Crippen LogP contribution < -0.4 is 5.73 Å². The zero-order valence-corrected chi connectivity index (χ0v) is 5.83. The number of hydrogen-bond acceptors (Lipinski definition) is 2. The molecule has 0 unspecified atom stereocenters. The number of nitrogens with two attached hydrogens (primary N) is 1. The van der Waals surface area contributed by atoms with Crippen molar-refractivity contribution in [1.82, 2.24) is 4.98 Å². The molecule has 0 aliphatic carbocycles. The lowest BCUT2D eigenvalue weighted by atomic mass is 10.2. The number of aromatic hydroxyl groups is 1. The van der Waals surface area contributed by atoms with Crippen molar-refractivity contribution in [2.75, 3.05) is 5.73 Å². The first-order valence-corrected chi connectivity index (χ1v) is 3.33. The molecule has 0 fully saturated rings. The van der Waals surface area contributed by atoms with E-state index < -0.39 is 0 Å². The van der Waals surface area contributed by atoms with E-state index in [9.17, 15) is 0 Å². The summed E-state index contributed by atoms with van der Waals surface area (Å²) < 4.78 is 0. The van der Waals surface area contributed by atoms with Crippen molar-refractivity contribution in [2.24, 2.45) is 0 Å². The van der Waals surface area contributed by atoms with Gasteiger partial charge in [0.2, 0.25) is 0 Å². The van der Waals surface area contributed by atoms with Crippen LogP contribution in [-0.4, -0.2) is 10.1 Å². The molecule has 0 saturated carbocycles. The SMILES string of the molecule is Nc1cccc2[nH]c(O)cc12. The molecule has 1 heterocycles. The van der Waals surface area contributed by atoms with Crippen LogP contribution in [0.15, 0.2) is 24.3 Å². The first kappa shape index (κ1) is 6.09. The van der Waals surface area contributed by atoms with Crippen molar-refractivity contribution in [3.05, 3.63) is 24.3 Å². The molecule has 0 atom stereocenters. The summed E-state index contributed by atoms with van der Waals surface area (Å²) in [6.45, 7) is 0. The molecule has 11 heavy (non-hydrogen) atoms. The summed E-state index contributed by atoms with van der Waals surface area (Å²) in [6, 6.07) is 7.12. The molecule has 4 N–H and O–H groups in total. The molecule has 0 aliphatic rings. The zero-order valence-electron chi connectivity index (χ0n) is 5.83. The lowest BCUT2D eigenvalue weighted by Gasteiger charge is -1.92. The standard InChI is InChI=1S/C8H8N2O/c9-6-2-1-3-7-5(6)4-8(11)10-7/h1-4,10-11H,9H2. The second-order valence-electron chi connectivity index (χ2n) is 2.46. The van der Waals surface area contributed by atoms with Crippen LogP contribution in [0.2, 0.25) is 0 Å². The van der Waals surface area contributed by atoms with Crippen molar-refractivity contribution < 1.29 is 5.11 Å². The predicted octanol–water partition coefficient (Wildman–Crippen LogP) is 1.46. The van der Waals surface area contributed by atoms with E-state index >= 15 is 0 Å². The quantitative estimate of drug-likeness (QED) is 0.495. The molecule has 3 nitrogen and oxygen atoms in total. The van der Waals surface area contributed by atoms with Crippen LogP contribution in [0.3, 0.4) is 0 Å². The number of aromatic nitrogens is 1. The van der Waals surface area contributed by atoms with E-state index in [0.717, 1.165) is 10.9 Å². The Labute approximate surface area is 63.5 Å². The molecule has 1 aromatic heterocycles. The molecular weight excluding hydrogens is 140 g/mol. The topological polar surface area (TPSA) is 62.0 Å². The Balaban J connectivity index is 2.90. The van der Waals surface area contributed by atoms with E-state index in [0.29, 0.717) is 5.69 Å². The average molecular weight is 148 g/mol. The van der Waals surface area contributed by atoms with Crippen LogP contribution in [0, 0.1) is 0 Å². The molecule has 2 aromatic rings. The van der Waals surface area contributed by atoms with E-state index in [1.807, 2.05) is 12.1 Å². The fourth-order valence-corrected chi connectivity index (χ4v) is 1.16. The number of benzene rings is 1. The van der Waals surface area contributed by atoms with Gasteiger partial charge in [-0.2, -0.15) is 0 Å². The second-order valence-corrected chi connectivity index (χ2v) is 2.46. The fourth-order valence-electron chi connectivity index (χ4n) is 1.16. The van der Waals surface area contributed by atoms with Gasteiger partial charge in [0.15, 0.2) is 5.88 Å². The highest BCUT2D eigenvalue weighted by Crippen LogP contribution is 2.23. The number of hydrogen-bond donors (Lipinski definition) is 3. The number of H-pyrrole nitrogens is 1. The Kier molecular flexibility index (Phi) is 1.06. The predicted molar refractivity (Wildman–Crippen MR) is 44.4 cm³/mol. The van der Waals surface area contributed by atoms with Gasteiger partial charge in [-0.1, -0.05) is 6.07 Å². The van der Waals surface area contributed by atoms with Crippen molar-refractivity contribution in [1.29, 1.82) is 0 Å². The van der Waals surface area contributed by atoms with Gasteiger partial charge in [-0.25, -0.2) is 0 Å². The summed E-state index contributed by atoms with van der Waals surface area (Å²) in [7, 11) is 0. The van der Waals surface area contributed by atoms with Crippen LogP contribution in [0.4, 0.5) is 5.69 Å². The third kappa shape index (κ3) is 0.816. The molecule has 0 aliphatic heterocycles. The van der Waals surface area contributed by atoms with E-state index in [1.165, 1.54) is 0 Å². The van der Waals surface area contributed by atoms with Crippen molar-refractivity contribution in [2.45, 2.75) is 0 Å². The fraction of sp³-hybridized carbons (Fsp3) is 0. The van der Waals surface area contributed by atoms with Crippen LogP contribution in [0.25, 0.3) is 10.9 Å². The van der Waals surface area contributed by atoms with Crippen LogP contribution in [0.5, 0.6) is 5.88 Å². The number of nitrogen functional groups attached to an aromatic ring is 1. The molecule has 56 valence electrons. The minimum Gasteiger partial charge on any atom is -0.495 e. The van der Waals surface area contributed by atoms with E-state index in [2.05, 4.69) is 4.98 Å². The largest absolute Gasteiger partial charge is 0.495 e. The third-order valence-corrected chi connectivity index (χ3v) is 1.68. The van der Waals surface area contributed by atoms with E-state index in [4.69, 9.17) is 10.8 Å². The monoisotopic (exact) mass is 148 g/mol. The molecule has 0 radical (unpaired) electrons. The molecule has 1 aromatic carbocycles. The molecule has 0 spiro atoms. The van der Waals surface area contributed by atoms with E-state index in [1.54, 1.807) is 12.1 Å². The molecule has 0 saturated heterocycles. The number of rotatable bonds is 0. The highest BCUT2D eigenvalue weighted by atomic mass is 16.3. The van der Waals surface area contributed by atoms with Crippen LogP contribution in [0.1, 0.15) is 0 Å². The molecular formula is C8H8N2O. The van der Waals surface area contributed by atoms with Gasteiger partial charge in [-0.3, -0.25) is 0 Å². The Hall–Kier alpha value is -1.64. The van der Waals surface area contributed by atoms with Gasteiger partial charge in [-0.05, 0) is 12.1 Å². The van der Waals surface area contributed by atoms with Gasteiger partial charge >= 0.3 is 0 Å². The highest BCUT2D eigenvalue weighted by Gasteiger charge is 1.99. The molecule has 2 rings (SSSR count). The molecule has 0 amide bonds. The van der Waals surface area contributed by atoms with Crippen LogP contribution in [-0.2, 0) is 0 Å². The van der Waals surface area contributed by atoms with Gasteiger partial charge in [0.25, 0.3) is 0 Å². The third-order valence-electron chi connectivity index (χ3n) is 1.68. The van der Waals surface area contributed by atoms with Gasteiger partial charge in [0, 0.05) is 17.1 Å². The van der Waals surface area contributed by atoms with Gasteiger partial charge in [-0.15, -0.1) is 0 Å². The Morgan fingerprint density at radius 1 is 1.36 bits per heavy atom. The Morgan fingerprint density at radius 2 is 2.18 bits per heavy atom. The lowest BCUT2D eigenvalue weighted by molar-refractivity contribution is 0.458. The first-order chi connectivity index (χ1) is 5.27. The van der Waals surface area contributed by atoms with Crippen molar-refractivity contribution >= 4 is 16.6 Å². The number of nitrogens with one attached hydrogen (secondary N) is 1. The number of fused-ring (bicyclic) bond motifs is 1. The zero-order chi connectivity index (χ0) is 7.84. The molecule has 3 heteroatoms.